The molecule has 0 saturated carbocycles. The van der Waals surface area contributed by atoms with Crippen molar-refractivity contribution in [2.45, 2.75) is 45.8 Å². The Labute approximate surface area is 208 Å². The summed E-state index contributed by atoms with van der Waals surface area (Å²) in [5.74, 6) is 1.33. The molecule has 11 nitrogen and oxygen atoms in total. The minimum absolute atomic E-state index is 0.247. The largest absolute Gasteiger partial charge is 0.497 e. The second kappa shape index (κ2) is 10.1. The van der Waals surface area contributed by atoms with E-state index in [0.29, 0.717) is 28.7 Å². The van der Waals surface area contributed by atoms with E-state index in [1.54, 1.807) is 55.5 Å². The first kappa shape index (κ1) is 24.7. The number of rotatable bonds is 8. The van der Waals surface area contributed by atoms with Gasteiger partial charge >= 0.3 is 0 Å². The highest BCUT2D eigenvalue weighted by molar-refractivity contribution is 6.01. The van der Waals surface area contributed by atoms with Crippen molar-refractivity contribution in [2.24, 2.45) is 0 Å². The number of aromatic nitrogens is 4. The van der Waals surface area contributed by atoms with Crippen molar-refractivity contribution in [3.63, 3.8) is 0 Å². The van der Waals surface area contributed by atoms with Gasteiger partial charge in [-0.05, 0) is 69.3 Å². The van der Waals surface area contributed by atoms with Crippen molar-refractivity contribution < 1.29 is 23.2 Å². The number of benzene rings is 1. The summed E-state index contributed by atoms with van der Waals surface area (Å²) in [7, 11) is 1.53. The quantitative estimate of drug-likeness (QED) is 0.396. The van der Waals surface area contributed by atoms with Gasteiger partial charge in [0.15, 0.2) is 11.8 Å². The molecular weight excluding hydrogens is 464 g/mol. The van der Waals surface area contributed by atoms with Crippen LogP contribution >= 0.6 is 0 Å². The van der Waals surface area contributed by atoms with Gasteiger partial charge in [-0.3, -0.25) is 14.5 Å². The zero-order chi connectivity index (χ0) is 25.9. The smallest absolute Gasteiger partial charge is 0.251 e. The summed E-state index contributed by atoms with van der Waals surface area (Å²) in [5, 5.41) is 15.2. The lowest BCUT2D eigenvalue weighted by molar-refractivity contribution is -0.128. The average molecular weight is 493 g/mol. The van der Waals surface area contributed by atoms with E-state index in [1.807, 2.05) is 20.8 Å². The normalized spacial score (nSPS) is 12.2. The molecule has 0 fully saturated rings. The van der Waals surface area contributed by atoms with Crippen molar-refractivity contribution in [3.05, 3.63) is 66.3 Å². The van der Waals surface area contributed by atoms with E-state index in [9.17, 15) is 9.59 Å². The minimum atomic E-state index is -1.10. The van der Waals surface area contributed by atoms with Crippen LogP contribution in [0.4, 0.5) is 5.69 Å². The molecule has 1 aromatic carbocycles. The van der Waals surface area contributed by atoms with E-state index in [1.165, 1.54) is 18.3 Å². The van der Waals surface area contributed by atoms with Crippen LogP contribution in [0.5, 0.6) is 5.75 Å². The van der Waals surface area contributed by atoms with Gasteiger partial charge < -0.3 is 18.9 Å². The van der Waals surface area contributed by atoms with E-state index < -0.39 is 23.4 Å². The molecule has 1 atom stereocenters. The number of nitrogens with zero attached hydrogens (tertiary/aromatic N) is 5. The molecule has 0 bridgehead atoms. The highest BCUT2D eigenvalue weighted by Gasteiger charge is 2.36. The van der Waals surface area contributed by atoms with Gasteiger partial charge in [-0.25, -0.2) is 0 Å². The maximum atomic E-state index is 13.8. The number of carbonyl (C=O) groups excluding carboxylic acids is 2. The van der Waals surface area contributed by atoms with Gasteiger partial charge in [-0.15, -0.1) is 10.2 Å². The first-order valence-corrected chi connectivity index (χ1v) is 11.3. The number of hydrogen-bond acceptors (Lipinski definition) is 8. The number of hydrogen-bond donors (Lipinski definition) is 1. The number of amides is 2. The molecule has 0 aliphatic carbocycles. The van der Waals surface area contributed by atoms with Gasteiger partial charge in [-0.2, -0.15) is 4.80 Å². The van der Waals surface area contributed by atoms with Crippen LogP contribution in [0.1, 0.15) is 38.3 Å². The van der Waals surface area contributed by atoms with Gasteiger partial charge in [0.25, 0.3) is 11.8 Å². The molecule has 3 aromatic heterocycles. The van der Waals surface area contributed by atoms with E-state index in [0.717, 1.165) is 4.80 Å². The predicted molar refractivity (Wildman–Crippen MR) is 130 cm³/mol. The predicted octanol–water partition coefficient (Wildman–Crippen LogP) is 3.53. The first-order chi connectivity index (χ1) is 17.1. The third-order valence-corrected chi connectivity index (χ3v) is 5.11. The van der Waals surface area contributed by atoms with Crippen LogP contribution in [-0.4, -0.2) is 44.7 Å². The Morgan fingerprint density at radius 1 is 1.17 bits per heavy atom. The molecule has 0 aliphatic rings. The number of anilines is 1. The fraction of sp³-hybridized carbons (Fsp3) is 0.320. The van der Waals surface area contributed by atoms with Crippen LogP contribution in [0.3, 0.4) is 0 Å². The van der Waals surface area contributed by atoms with Crippen LogP contribution in [0.15, 0.2) is 63.6 Å². The lowest BCUT2D eigenvalue weighted by atomic mass is 10.1. The molecule has 2 amide bonds. The molecular formula is C25H28N6O5. The second-order valence-corrected chi connectivity index (χ2v) is 9.18. The number of ether oxygens (including phenoxy) is 1. The fourth-order valence-electron chi connectivity index (χ4n) is 3.62. The van der Waals surface area contributed by atoms with E-state index >= 15 is 0 Å². The number of nitrogens with one attached hydrogen (secondary N) is 1. The highest BCUT2D eigenvalue weighted by Crippen LogP contribution is 2.31. The Balaban J connectivity index is 1.72. The van der Waals surface area contributed by atoms with Gasteiger partial charge in [0.05, 0.1) is 13.4 Å². The summed E-state index contributed by atoms with van der Waals surface area (Å²) in [6.45, 7) is 7.10. The van der Waals surface area contributed by atoms with Crippen LogP contribution in [-0.2, 0) is 16.1 Å². The van der Waals surface area contributed by atoms with Crippen molar-refractivity contribution in [1.82, 2.24) is 25.5 Å². The molecule has 0 spiro atoms. The van der Waals surface area contributed by atoms with Crippen LogP contribution in [0, 0.1) is 6.92 Å². The second-order valence-electron chi connectivity index (χ2n) is 9.18. The van der Waals surface area contributed by atoms with Gasteiger partial charge in [0, 0.05) is 17.3 Å². The number of carbonyl (C=O) groups is 2. The summed E-state index contributed by atoms with van der Waals surface area (Å²) in [5.41, 5.74) is -0.110. The van der Waals surface area contributed by atoms with Gasteiger partial charge in [0.1, 0.15) is 23.8 Å². The molecule has 188 valence electrons. The molecule has 4 aromatic rings. The molecule has 11 heteroatoms. The molecule has 3 heterocycles. The van der Waals surface area contributed by atoms with Crippen LogP contribution in [0.25, 0.3) is 11.6 Å². The number of tetrazole rings is 1. The van der Waals surface area contributed by atoms with Crippen LogP contribution in [0.2, 0.25) is 0 Å². The van der Waals surface area contributed by atoms with Gasteiger partial charge in [-0.1, -0.05) is 6.07 Å². The van der Waals surface area contributed by atoms with Crippen molar-refractivity contribution in [1.29, 1.82) is 0 Å². The summed E-state index contributed by atoms with van der Waals surface area (Å²) < 4.78 is 16.5. The van der Waals surface area contributed by atoms with Crippen molar-refractivity contribution in [2.75, 3.05) is 12.0 Å². The molecule has 1 N–H and O–H groups in total. The lowest BCUT2D eigenvalue weighted by Crippen LogP contribution is -2.50. The minimum Gasteiger partial charge on any atom is -0.497 e. The molecule has 4 rings (SSSR count). The van der Waals surface area contributed by atoms with Gasteiger partial charge in [0.2, 0.25) is 5.82 Å². The Hall–Kier alpha value is -4.41. The molecule has 0 aliphatic heterocycles. The zero-order valence-electron chi connectivity index (χ0n) is 20.8. The number of methoxy groups -OCH3 is 1. The topological polar surface area (TPSA) is 129 Å². The van der Waals surface area contributed by atoms with E-state index in [-0.39, 0.29) is 12.4 Å². The SMILES string of the molecule is COc1cccc(N(C(=O)Cn2nnc(-c3ccc(C)o3)n2)[C@H](C(=O)NC(C)(C)C)c2ccco2)c1. The number of aryl methyl sites for hydroxylation is 1. The lowest BCUT2D eigenvalue weighted by Gasteiger charge is -2.32. The Kier molecular flexibility index (Phi) is 6.91. The van der Waals surface area contributed by atoms with Crippen LogP contribution < -0.4 is 15.0 Å². The monoisotopic (exact) mass is 492 g/mol. The summed E-state index contributed by atoms with van der Waals surface area (Å²) in [4.78, 5) is 29.8. The summed E-state index contributed by atoms with van der Waals surface area (Å²) >= 11 is 0. The number of furan rings is 2. The van der Waals surface area contributed by atoms with Crippen molar-refractivity contribution in [3.8, 4) is 17.3 Å². The molecule has 0 unspecified atom stereocenters. The molecule has 0 radical (unpaired) electrons. The van der Waals surface area contributed by atoms with E-state index in [4.69, 9.17) is 13.6 Å². The fourth-order valence-corrected chi connectivity index (χ4v) is 3.62. The summed E-state index contributed by atoms with van der Waals surface area (Å²) in [6, 6.07) is 12.6. The molecule has 0 saturated heterocycles. The first-order valence-electron chi connectivity index (χ1n) is 11.3. The molecule has 36 heavy (non-hydrogen) atoms. The average Bonchev–Trinajstić information content (AvgIpc) is 3.58. The summed E-state index contributed by atoms with van der Waals surface area (Å²) in [6.07, 6.45) is 1.46. The highest BCUT2D eigenvalue weighted by atomic mass is 16.5. The third kappa shape index (κ3) is 5.62. The standard InChI is InChI=1S/C25H28N6O5/c1-16-11-12-20(36-16)23-27-29-30(28-23)15-21(32)31(17-8-6-9-18(14-17)34-5)22(19-10-7-13-35-19)24(33)26-25(2,3)4/h6-14,22H,15H2,1-5H3,(H,26,33)/t22-/m0/s1. The Morgan fingerprint density at radius 2 is 1.97 bits per heavy atom. The van der Waals surface area contributed by atoms with Crippen molar-refractivity contribution >= 4 is 17.5 Å². The Morgan fingerprint density at radius 3 is 2.61 bits per heavy atom. The zero-order valence-corrected chi connectivity index (χ0v) is 20.8. The maximum absolute atomic E-state index is 13.8. The third-order valence-electron chi connectivity index (χ3n) is 5.11. The maximum Gasteiger partial charge on any atom is 0.251 e. The van der Waals surface area contributed by atoms with E-state index in [2.05, 4.69) is 20.7 Å². The Bertz CT molecular complexity index is 1330.